The largest absolute Gasteiger partial charge is 0.383 e. The molecule has 1 fully saturated rings. The molecule has 1 aliphatic rings. The molecule has 1 N–H and O–H groups in total. The Balaban J connectivity index is 2.10. The molecule has 0 radical (unpaired) electrons. The van der Waals surface area contributed by atoms with Gasteiger partial charge in [0.05, 0.1) is 6.61 Å². The number of methoxy groups -OCH3 is 1. The van der Waals surface area contributed by atoms with Gasteiger partial charge in [0.2, 0.25) is 0 Å². The number of hydrogen-bond donors (Lipinski definition) is 1. The average Bonchev–Trinajstić information content (AvgIpc) is 2.62. The molecule has 0 spiro atoms. The van der Waals surface area contributed by atoms with Gasteiger partial charge in [-0.2, -0.15) is 0 Å². The molecule has 3 atom stereocenters. The van der Waals surface area contributed by atoms with Crippen LogP contribution in [0.4, 0.5) is 0 Å². The summed E-state index contributed by atoms with van der Waals surface area (Å²) >= 11 is 0. The standard InChI is InChI=1S/C16H26N2O/c1-13-9-10-17-16(15-7-5-4-6-8-15)11-18(13)14(2)12-19-3/h4-8,13-14,16-17H,9-12H2,1-3H3. The van der Waals surface area contributed by atoms with Gasteiger partial charge in [0, 0.05) is 31.8 Å². The highest BCUT2D eigenvalue weighted by molar-refractivity contribution is 5.19. The highest BCUT2D eigenvalue weighted by Gasteiger charge is 2.27. The lowest BCUT2D eigenvalue weighted by molar-refractivity contribution is 0.0731. The normalized spacial score (nSPS) is 26.9. The third-order valence-electron chi connectivity index (χ3n) is 4.09. The minimum Gasteiger partial charge on any atom is -0.383 e. The summed E-state index contributed by atoms with van der Waals surface area (Å²) in [5, 5.41) is 3.67. The molecule has 1 aliphatic heterocycles. The van der Waals surface area contributed by atoms with Crippen molar-refractivity contribution < 1.29 is 4.74 Å². The summed E-state index contributed by atoms with van der Waals surface area (Å²) in [5.41, 5.74) is 1.38. The summed E-state index contributed by atoms with van der Waals surface area (Å²) in [7, 11) is 1.78. The Morgan fingerprint density at radius 2 is 2.11 bits per heavy atom. The van der Waals surface area contributed by atoms with Gasteiger partial charge in [0.1, 0.15) is 0 Å². The van der Waals surface area contributed by atoms with E-state index in [0.29, 0.717) is 18.1 Å². The maximum Gasteiger partial charge on any atom is 0.0615 e. The first-order valence-corrected chi connectivity index (χ1v) is 7.25. The Morgan fingerprint density at radius 3 is 2.79 bits per heavy atom. The highest BCUT2D eigenvalue weighted by Crippen LogP contribution is 2.21. The topological polar surface area (TPSA) is 24.5 Å². The smallest absolute Gasteiger partial charge is 0.0615 e. The Labute approximate surface area is 116 Å². The second kappa shape index (κ2) is 7.04. The van der Waals surface area contributed by atoms with Gasteiger partial charge >= 0.3 is 0 Å². The monoisotopic (exact) mass is 262 g/mol. The fourth-order valence-corrected chi connectivity index (χ4v) is 2.95. The molecule has 0 aliphatic carbocycles. The zero-order valence-electron chi connectivity index (χ0n) is 12.3. The van der Waals surface area contributed by atoms with Gasteiger partial charge in [-0.3, -0.25) is 4.90 Å². The first kappa shape index (κ1) is 14.5. The van der Waals surface area contributed by atoms with Crippen molar-refractivity contribution in [2.75, 3.05) is 26.8 Å². The maximum atomic E-state index is 5.32. The fourth-order valence-electron chi connectivity index (χ4n) is 2.95. The van der Waals surface area contributed by atoms with E-state index < -0.39 is 0 Å². The quantitative estimate of drug-likeness (QED) is 0.902. The Kier molecular flexibility index (Phi) is 5.37. The maximum absolute atomic E-state index is 5.32. The van der Waals surface area contributed by atoms with Crippen molar-refractivity contribution in [2.45, 2.75) is 38.4 Å². The number of nitrogens with zero attached hydrogens (tertiary/aromatic N) is 1. The van der Waals surface area contributed by atoms with Crippen LogP contribution in [0.3, 0.4) is 0 Å². The van der Waals surface area contributed by atoms with Gasteiger partial charge in [-0.15, -0.1) is 0 Å². The summed E-state index contributed by atoms with van der Waals surface area (Å²) in [5.74, 6) is 0. The third kappa shape index (κ3) is 3.78. The van der Waals surface area contributed by atoms with Crippen molar-refractivity contribution in [1.82, 2.24) is 10.2 Å². The number of benzene rings is 1. The van der Waals surface area contributed by atoms with E-state index in [1.165, 1.54) is 12.0 Å². The predicted molar refractivity (Wildman–Crippen MR) is 79.3 cm³/mol. The number of nitrogens with one attached hydrogen (secondary N) is 1. The van der Waals surface area contributed by atoms with Crippen LogP contribution < -0.4 is 5.32 Å². The number of ether oxygens (including phenoxy) is 1. The van der Waals surface area contributed by atoms with Gasteiger partial charge in [-0.25, -0.2) is 0 Å². The molecule has 3 unspecified atom stereocenters. The van der Waals surface area contributed by atoms with Crippen LogP contribution in [-0.2, 0) is 4.74 Å². The van der Waals surface area contributed by atoms with E-state index in [0.717, 1.165) is 19.7 Å². The minimum atomic E-state index is 0.422. The fraction of sp³-hybridized carbons (Fsp3) is 0.625. The van der Waals surface area contributed by atoms with Crippen molar-refractivity contribution in [3.63, 3.8) is 0 Å². The van der Waals surface area contributed by atoms with Crippen LogP contribution >= 0.6 is 0 Å². The van der Waals surface area contributed by atoms with Gasteiger partial charge in [-0.1, -0.05) is 30.3 Å². The Morgan fingerprint density at radius 1 is 1.37 bits per heavy atom. The van der Waals surface area contributed by atoms with E-state index in [-0.39, 0.29) is 0 Å². The van der Waals surface area contributed by atoms with Crippen LogP contribution in [0, 0.1) is 0 Å². The van der Waals surface area contributed by atoms with Crippen LogP contribution in [0.5, 0.6) is 0 Å². The van der Waals surface area contributed by atoms with Crippen LogP contribution in [-0.4, -0.2) is 43.8 Å². The molecule has 19 heavy (non-hydrogen) atoms. The average molecular weight is 262 g/mol. The molecule has 3 heteroatoms. The molecule has 1 aromatic carbocycles. The zero-order valence-corrected chi connectivity index (χ0v) is 12.3. The van der Waals surface area contributed by atoms with Gasteiger partial charge in [0.25, 0.3) is 0 Å². The van der Waals surface area contributed by atoms with E-state index in [4.69, 9.17) is 4.74 Å². The molecule has 3 nitrogen and oxygen atoms in total. The van der Waals surface area contributed by atoms with Crippen LogP contribution in [0.15, 0.2) is 30.3 Å². The van der Waals surface area contributed by atoms with E-state index in [9.17, 15) is 0 Å². The van der Waals surface area contributed by atoms with Crippen molar-refractivity contribution in [2.24, 2.45) is 0 Å². The van der Waals surface area contributed by atoms with Crippen LogP contribution in [0.25, 0.3) is 0 Å². The molecule has 0 saturated carbocycles. The lowest BCUT2D eigenvalue weighted by Gasteiger charge is -2.34. The van der Waals surface area contributed by atoms with Gasteiger partial charge in [0.15, 0.2) is 0 Å². The van der Waals surface area contributed by atoms with Gasteiger partial charge < -0.3 is 10.1 Å². The molecule has 1 aromatic rings. The van der Waals surface area contributed by atoms with E-state index in [2.05, 4.69) is 54.4 Å². The summed E-state index contributed by atoms with van der Waals surface area (Å²) < 4.78 is 5.32. The summed E-state index contributed by atoms with van der Waals surface area (Å²) in [6, 6.07) is 12.2. The highest BCUT2D eigenvalue weighted by atomic mass is 16.5. The Hall–Kier alpha value is -0.900. The van der Waals surface area contributed by atoms with E-state index >= 15 is 0 Å². The van der Waals surface area contributed by atoms with Crippen molar-refractivity contribution >= 4 is 0 Å². The molecule has 1 saturated heterocycles. The van der Waals surface area contributed by atoms with Crippen molar-refractivity contribution in [3.8, 4) is 0 Å². The van der Waals surface area contributed by atoms with E-state index in [1.807, 2.05) is 0 Å². The molecular weight excluding hydrogens is 236 g/mol. The molecule has 0 bridgehead atoms. The first-order valence-electron chi connectivity index (χ1n) is 7.25. The van der Waals surface area contributed by atoms with Crippen molar-refractivity contribution in [3.05, 3.63) is 35.9 Å². The van der Waals surface area contributed by atoms with Crippen molar-refractivity contribution in [1.29, 1.82) is 0 Å². The first-order chi connectivity index (χ1) is 9.22. The molecule has 0 amide bonds. The minimum absolute atomic E-state index is 0.422. The zero-order chi connectivity index (χ0) is 13.7. The predicted octanol–water partition coefficient (Wildman–Crippen LogP) is 2.45. The summed E-state index contributed by atoms with van der Waals surface area (Å²) in [6.07, 6.45) is 1.19. The molecule has 0 aromatic heterocycles. The molecule has 2 rings (SSSR count). The lowest BCUT2D eigenvalue weighted by Crippen LogP contribution is -2.44. The second-order valence-electron chi connectivity index (χ2n) is 5.56. The van der Waals surface area contributed by atoms with E-state index in [1.54, 1.807) is 7.11 Å². The SMILES string of the molecule is COCC(C)N1CC(c2ccccc2)NCCC1C. The number of rotatable bonds is 4. The summed E-state index contributed by atoms with van der Waals surface area (Å²) in [4.78, 5) is 2.57. The second-order valence-corrected chi connectivity index (χ2v) is 5.56. The molecular formula is C16H26N2O. The third-order valence-corrected chi connectivity index (χ3v) is 4.09. The summed E-state index contributed by atoms with van der Waals surface area (Å²) in [6.45, 7) is 7.51. The lowest BCUT2D eigenvalue weighted by atomic mass is 10.1. The Bertz CT molecular complexity index is 368. The van der Waals surface area contributed by atoms with Crippen LogP contribution in [0.2, 0.25) is 0 Å². The molecule has 1 heterocycles. The number of hydrogen-bond acceptors (Lipinski definition) is 3. The van der Waals surface area contributed by atoms with Gasteiger partial charge in [-0.05, 0) is 32.4 Å². The molecule has 106 valence electrons. The van der Waals surface area contributed by atoms with Crippen LogP contribution in [0.1, 0.15) is 31.9 Å².